The topological polar surface area (TPSA) is 56.3 Å². The van der Waals surface area contributed by atoms with Gasteiger partial charge in [0.05, 0.1) is 18.9 Å². The second-order valence-electron chi connectivity index (χ2n) is 5.08. The first-order valence-corrected chi connectivity index (χ1v) is 9.88. The maximum Gasteiger partial charge on any atom is 0.210 e. The van der Waals surface area contributed by atoms with E-state index in [0.29, 0.717) is 24.0 Å². The van der Waals surface area contributed by atoms with Gasteiger partial charge in [-0.15, -0.1) is 10.2 Å². The number of halogens is 1. The molecule has 0 unspecified atom stereocenters. The molecule has 3 aromatic rings. The lowest BCUT2D eigenvalue weighted by atomic mass is 10.3. The molecule has 0 saturated heterocycles. The smallest absolute Gasteiger partial charge is 0.210 e. The second kappa shape index (κ2) is 9.40. The molecule has 0 aliphatic rings. The zero-order chi connectivity index (χ0) is 18.2. The van der Waals surface area contributed by atoms with E-state index in [2.05, 4.69) is 15.5 Å². The third kappa shape index (κ3) is 5.34. The number of benzene rings is 2. The van der Waals surface area contributed by atoms with Crippen LogP contribution in [0.5, 0.6) is 11.5 Å². The predicted molar refractivity (Wildman–Crippen MR) is 103 cm³/mol. The maximum atomic E-state index is 13.6. The highest BCUT2D eigenvalue weighted by atomic mass is 32.2. The summed E-state index contributed by atoms with van der Waals surface area (Å²) in [4.78, 5) is 0. The van der Waals surface area contributed by atoms with E-state index >= 15 is 0 Å². The summed E-state index contributed by atoms with van der Waals surface area (Å²) in [5, 5.41) is 11.6. The summed E-state index contributed by atoms with van der Waals surface area (Å²) in [6.45, 7) is 3.15. The van der Waals surface area contributed by atoms with E-state index in [1.165, 1.54) is 17.4 Å². The molecule has 0 aliphatic heterocycles. The fourth-order valence-corrected chi connectivity index (χ4v) is 3.74. The predicted octanol–water partition coefficient (Wildman–Crippen LogP) is 4.99. The molecule has 0 spiro atoms. The molecule has 0 aliphatic carbocycles. The van der Waals surface area contributed by atoms with Crippen LogP contribution in [0, 0.1) is 5.82 Å². The minimum atomic E-state index is -0.319. The van der Waals surface area contributed by atoms with Gasteiger partial charge >= 0.3 is 0 Å². The third-order valence-electron chi connectivity index (χ3n) is 3.23. The number of nitrogens with zero attached hydrogens (tertiary/aromatic N) is 2. The molecule has 26 heavy (non-hydrogen) atoms. The van der Waals surface area contributed by atoms with E-state index < -0.39 is 0 Å². The Morgan fingerprint density at radius 2 is 1.77 bits per heavy atom. The first kappa shape index (κ1) is 18.5. The van der Waals surface area contributed by atoms with Gasteiger partial charge in [-0.3, -0.25) is 0 Å². The van der Waals surface area contributed by atoms with Crippen LogP contribution in [0.3, 0.4) is 0 Å². The van der Waals surface area contributed by atoms with Crippen LogP contribution >= 0.6 is 23.1 Å². The van der Waals surface area contributed by atoms with Crippen molar-refractivity contribution >= 4 is 33.9 Å². The molecule has 0 amide bonds. The van der Waals surface area contributed by atoms with Crippen molar-refractivity contribution in [2.75, 3.05) is 24.3 Å². The molecule has 1 aromatic heterocycles. The fourth-order valence-electron chi connectivity index (χ4n) is 2.08. The number of aromatic nitrogens is 2. The molecular weight excluding hydrogens is 373 g/mol. The number of anilines is 2. The largest absolute Gasteiger partial charge is 0.494 e. The maximum absolute atomic E-state index is 13.6. The fraction of sp³-hybridized carbons (Fsp3) is 0.222. The van der Waals surface area contributed by atoms with E-state index in [0.717, 1.165) is 21.6 Å². The summed E-state index contributed by atoms with van der Waals surface area (Å²) in [5.74, 6) is 2.05. The highest BCUT2D eigenvalue weighted by Crippen LogP contribution is 2.28. The Morgan fingerprint density at radius 1 is 1.04 bits per heavy atom. The number of nitrogens with one attached hydrogen (secondary N) is 1. The zero-order valence-electron chi connectivity index (χ0n) is 14.1. The van der Waals surface area contributed by atoms with Gasteiger partial charge in [-0.25, -0.2) is 4.39 Å². The van der Waals surface area contributed by atoms with Crippen molar-refractivity contribution in [1.29, 1.82) is 0 Å². The van der Waals surface area contributed by atoms with Crippen LogP contribution in [0.2, 0.25) is 0 Å². The summed E-state index contributed by atoms with van der Waals surface area (Å²) in [6, 6.07) is 14.0. The zero-order valence-corrected chi connectivity index (χ0v) is 15.8. The van der Waals surface area contributed by atoms with Gasteiger partial charge in [-0.2, -0.15) is 0 Å². The van der Waals surface area contributed by atoms with Gasteiger partial charge in [0, 0.05) is 5.75 Å². The lowest BCUT2D eigenvalue weighted by molar-refractivity contribution is 0.332. The molecule has 0 atom stereocenters. The van der Waals surface area contributed by atoms with Gasteiger partial charge in [0.2, 0.25) is 5.13 Å². The first-order valence-electron chi connectivity index (χ1n) is 8.08. The Kier molecular flexibility index (Phi) is 6.68. The van der Waals surface area contributed by atoms with Crippen LogP contribution in [0.1, 0.15) is 6.92 Å². The average molecular weight is 391 g/mol. The summed E-state index contributed by atoms with van der Waals surface area (Å²) in [7, 11) is 0. The molecule has 8 heteroatoms. The monoisotopic (exact) mass is 391 g/mol. The number of hydrogen-bond acceptors (Lipinski definition) is 7. The average Bonchev–Trinajstić information content (AvgIpc) is 3.10. The molecule has 1 N–H and O–H groups in total. The summed E-state index contributed by atoms with van der Waals surface area (Å²) < 4.78 is 25.5. The minimum absolute atomic E-state index is 0.319. The Morgan fingerprint density at radius 3 is 2.50 bits per heavy atom. The number of thioether (sulfide) groups is 1. The van der Waals surface area contributed by atoms with Crippen molar-refractivity contribution in [3.05, 3.63) is 54.3 Å². The third-order valence-corrected chi connectivity index (χ3v) is 5.17. The van der Waals surface area contributed by atoms with E-state index in [1.54, 1.807) is 30.0 Å². The van der Waals surface area contributed by atoms with Gasteiger partial charge in [0.25, 0.3) is 0 Å². The van der Waals surface area contributed by atoms with Crippen LogP contribution in [0.15, 0.2) is 52.9 Å². The van der Waals surface area contributed by atoms with Crippen molar-refractivity contribution in [1.82, 2.24) is 10.2 Å². The molecule has 0 fully saturated rings. The van der Waals surface area contributed by atoms with Gasteiger partial charge in [-0.05, 0) is 43.3 Å². The summed E-state index contributed by atoms with van der Waals surface area (Å²) in [5.41, 5.74) is 0.388. The number of para-hydroxylation sites is 1. The Hall–Kier alpha value is -2.32. The molecule has 0 bridgehead atoms. The summed E-state index contributed by atoms with van der Waals surface area (Å²) in [6.07, 6.45) is 0. The molecule has 0 saturated carbocycles. The van der Waals surface area contributed by atoms with E-state index in [-0.39, 0.29) is 5.82 Å². The quantitative estimate of drug-likeness (QED) is 0.410. The molecule has 136 valence electrons. The second-order valence-corrected chi connectivity index (χ2v) is 7.40. The molecular formula is C18H18FN3O2S2. The summed E-state index contributed by atoms with van der Waals surface area (Å²) >= 11 is 2.93. The Bertz CT molecular complexity index is 827. The molecule has 0 radical (unpaired) electrons. The SMILES string of the molecule is CCOc1ccc(OCCSc2nnc(Nc3ccccc3F)s2)cc1. The van der Waals surface area contributed by atoms with Crippen LogP contribution in [-0.4, -0.2) is 29.2 Å². The lowest BCUT2D eigenvalue weighted by Crippen LogP contribution is -2.00. The van der Waals surface area contributed by atoms with Crippen molar-refractivity contribution in [2.24, 2.45) is 0 Å². The van der Waals surface area contributed by atoms with Crippen LogP contribution in [0.25, 0.3) is 0 Å². The van der Waals surface area contributed by atoms with Crippen molar-refractivity contribution in [3.8, 4) is 11.5 Å². The number of rotatable bonds is 9. The Labute approximate surface area is 159 Å². The van der Waals surface area contributed by atoms with Crippen molar-refractivity contribution in [3.63, 3.8) is 0 Å². The van der Waals surface area contributed by atoms with Crippen LogP contribution in [0.4, 0.5) is 15.2 Å². The lowest BCUT2D eigenvalue weighted by Gasteiger charge is -2.06. The normalized spacial score (nSPS) is 10.5. The van der Waals surface area contributed by atoms with Gasteiger partial charge in [-0.1, -0.05) is 35.2 Å². The molecule has 5 nitrogen and oxygen atoms in total. The van der Waals surface area contributed by atoms with E-state index in [1.807, 2.05) is 31.2 Å². The van der Waals surface area contributed by atoms with Crippen molar-refractivity contribution in [2.45, 2.75) is 11.3 Å². The van der Waals surface area contributed by atoms with Gasteiger partial charge in [0.1, 0.15) is 17.3 Å². The number of hydrogen-bond donors (Lipinski definition) is 1. The molecule has 2 aromatic carbocycles. The van der Waals surface area contributed by atoms with Gasteiger partial charge < -0.3 is 14.8 Å². The highest BCUT2D eigenvalue weighted by molar-refractivity contribution is 8.01. The van der Waals surface area contributed by atoms with Crippen LogP contribution < -0.4 is 14.8 Å². The minimum Gasteiger partial charge on any atom is -0.494 e. The van der Waals surface area contributed by atoms with Gasteiger partial charge in [0.15, 0.2) is 4.34 Å². The first-order chi connectivity index (χ1) is 12.7. The molecule has 3 rings (SSSR count). The van der Waals surface area contributed by atoms with E-state index in [9.17, 15) is 4.39 Å². The standard InChI is InChI=1S/C18H18FN3O2S2/c1-2-23-13-7-9-14(10-8-13)24-11-12-25-18-22-21-17(26-18)20-16-6-4-3-5-15(16)19/h3-10H,2,11-12H2,1H3,(H,20,21). The Balaban J connectivity index is 1.43. The highest BCUT2D eigenvalue weighted by Gasteiger charge is 2.07. The van der Waals surface area contributed by atoms with Crippen molar-refractivity contribution < 1.29 is 13.9 Å². The number of ether oxygens (including phenoxy) is 2. The molecule has 1 heterocycles. The van der Waals surface area contributed by atoms with E-state index in [4.69, 9.17) is 9.47 Å². The van der Waals surface area contributed by atoms with Crippen LogP contribution in [-0.2, 0) is 0 Å².